The number of rotatable bonds is 13. The fraction of sp³-hybridized carbons (Fsp3) is 0.159. The molecule has 0 unspecified atom stereocenters. The Morgan fingerprint density at radius 3 is 1.90 bits per heavy atom. The first-order valence-electron chi connectivity index (χ1n) is 17.6. The minimum atomic E-state index is -0.582. The highest BCUT2D eigenvalue weighted by molar-refractivity contribution is 6.31. The third-order valence-electron chi connectivity index (χ3n) is 9.83. The van der Waals surface area contributed by atoms with E-state index in [2.05, 4.69) is 148 Å². The van der Waals surface area contributed by atoms with Crippen LogP contribution in [0, 0.1) is 0 Å². The fourth-order valence-corrected chi connectivity index (χ4v) is 7.56. The molecule has 7 heteroatoms. The Hall–Kier alpha value is -5.72. The number of nitrogens with zero attached hydrogens (tertiary/aromatic N) is 5. The van der Waals surface area contributed by atoms with E-state index in [1.54, 1.807) is 0 Å². The first-order valence-corrected chi connectivity index (χ1v) is 18.0. The minimum Gasteiger partial charge on any atom is -0.358 e. The lowest BCUT2D eigenvalue weighted by Crippen LogP contribution is -2.36. The minimum absolute atomic E-state index is 0.582. The van der Waals surface area contributed by atoms with Crippen molar-refractivity contribution in [2.24, 2.45) is 0 Å². The van der Waals surface area contributed by atoms with Crippen molar-refractivity contribution in [1.29, 1.82) is 0 Å². The predicted molar refractivity (Wildman–Crippen MR) is 205 cm³/mol. The highest BCUT2D eigenvalue weighted by atomic mass is 35.5. The van der Waals surface area contributed by atoms with Crippen LogP contribution in [0.4, 0.5) is 0 Å². The predicted octanol–water partition coefficient (Wildman–Crippen LogP) is 9.46. The lowest BCUT2D eigenvalue weighted by molar-refractivity contribution is 0.513. The number of hydrogen-bond donors (Lipinski definition) is 1. The van der Waals surface area contributed by atoms with Gasteiger partial charge in [0.15, 0.2) is 0 Å². The second-order valence-corrected chi connectivity index (χ2v) is 13.4. The zero-order chi connectivity index (χ0) is 34.5. The summed E-state index contributed by atoms with van der Waals surface area (Å²) in [6, 6.07) is 50.8. The van der Waals surface area contributed by atoms with Crippen LogP contribution in [-0.4, -0.2) is 29.3 Å². The van der Waals surface area contributed by atoms with Crippen LogP contribution >= 0.6 is 11.6 Å². The van der Waals surface area contributed by atoms with Crippen molar-refractivity contribution in [3.63, 3.8) is 0 Å². The van der Waals surface area contributed by atoms with Gasteiger partial charge in [0.2, 0.25) is 0 Å². The maximum atomic E-state index is 6.60. The molecule has 0 bridgehead atoms. The van der Waals surface area contributed by atoms with Gasteiger partial charge in [0, 0.05) is 41.8 Å². The van der Waals surface area contributed by atoms with E-state index in [1.165, 1.54) is 27.8 Å². The Morgan fingerprint density at radius 1 is 0.627 bits per heavy atom. The lowest BCUT2D eigenvalue weighted by atomic mass is 9.77. The second-order valence-electron chi connectivity index (χ2n) is 13.0. The van der Waals surface area contributed by atoms with Gasteiger partial charge in [-0.15, -0.1) is 10.2 Å². The van der Waals surface area contributed by atoms with Crippen LogP contribution in [0.1, 0.15) is 51.7 Å². The first-order chi connectivity index (χ1) is 25.2. The maximum Gasteiger partial charge on any atom is 0.137 e. The van der Waals surface area contributed by atoms with Gasteiger partial charge >= 0.3 is 0 Å². The molecule has 0 spiro atoms. The number of halogens is 1. The van der Waals surface area contributed by atoms with Crippen LogP contribution in [0.15, 0.2) is 158 Å². The average molecular weight is 687 g/mol. The van der Waals surface area contributed by atoms with E-state index in [1.807, 2.05) is 24.5 Å². The van der Waals surface area contributed by atoms with Gasteiger partial charge in [-0.1, -0.05) is 139 Å². The molecular formula is C44H39ClN6. The van der Waals surface area contributed by atoms with Crippen molar-refractivity contribution in [2.75, 3.05) is 0 Å². The highest BCUT2D eigenvalue weighted by Crippen LogP contribution is 2.40. The van der Waals surface area contributed by atoms with Crippen LogP contribution in [0.5, 0.6) is 0 Å². The van der Waals surface area contributed by atoms with Gasteiger partial charge in [-0.05, 0) is 65.1 Å². The number of para-hydroxylation sites is 1. The third kappa shape index (κ3) is 6.63. The number of nitrogens with one attached hydrogen (secondary N) is 1. The van der Waals surface area contributed by atoms with Gasteiger partial charge in [-0.25, -0.2) is 4.98 Å². The third-order valence-corrected chi connectivity index (χ3v) is 10.2. The van der Waals surface area contributed by atoms with Crippen molar-refractivity contribution >= 4 is 22.5 Å². The molecule has 0 aliphatic rings. The molecule has 3 heterocycles. The zero-order valence-electron chi connectivity index (χ0n) is 28.4. The Morgan fingerprint density at radius 2 is 1.24 bits per heavy atom. The molecule has 252 valence electrons. The van der Waals surface area contributed by atoms with E-state index < -0.39 is 5.54 Å². The summed E-state index contributed by atoms with van der Waals surface area (Å²) in [5.41, 5.74) is 7.40. The molecule has 0 amide bonds. The van der Waals surface area contributed by atoms with Crippen LogP contribution in [0.3, 0.4) is 0 Å². The number of H-pyrrole nitrogens is 1. The lowest BCUT2D eigenvalue weighted by Gasteiger charge is -2.37. The quantitative estimate of drug-likeness (QED) is 0.123. The van der Waals surface area contributed by atoms with Crippen molar-refractivity contribution in [3.05, 3.63) is 208 Å². The topological polar surface area (TPSA) is 64.3 Å². The number of aromatic amines is 1. The van der Waals surface area contributed by atoms with Crippen LogP contribution in [0.25, 0.3) is 10.9 Å². The number of benzene rings is 5. The SMILES string of the molecule is Clc1ccccc1Cc1nnc(CCc2cc3ccccc3[nH]2)n1CCCc1cn(C(c2ccccc2)(c2ccccc2)c2ccccc2)cn1. The van der Waals surface area contributed by atoms with Gasteiger partial charge < -0.3 is 14.1 Å². The van der Waals surface area contributed by atoms with Gasteiger partial charge in [0.05, 0.1) is 12.0 Å². The first kappa shape index (κ1) is 32.5. The molecule has 8 rings (SSSR count). The summed E-state index contributed by atoms with van der Waals surface area (Å²) < 4.78 is 4.58. The largest absolute Gasteiger partial charge is 0.358 e. The Bertz CT molecular complexity index is 2210. The monoisotopic (exact) mass is 686 g/mol. The molecule has 6 nitrogen and oxygen atoms in total. The summed E-state index contributed by atoms with van der Waals surface area (Å²) in [5.74, 6) is 1.91. The molecule has 51 heavy (non-hydrogen) atoms. The summed E-state index contributed by atoms with van der Waals surface area (Å²) in [6.07, 6.45) is 8.18. The van der Waals surface area contributed by atoms with Crippen molar-refractivity contribution in [3.8, 4) is 0 Å². The number of aromatic nitrogens is 6. The molecule has 0 aliphatic carbocycles. The number of fused-ring (bicyclic) bond motifs is 1. The van der Waals surface area contributed by atoms with Gasteiger partial charge in [-0.3, -0.25) is 0 Å². The van der Waals surface area contributed by atoms with E-state index in [9.17, 15) is 0 Å². The van der Waals surface area contributed by atoms with E-state index in [4.69, 9.17) is 26.8 Å². The maximum absolute atomic E-state index is 6.60. The van der Waals surface area contributed by atoms with Crippen molar-refractivity contribution in [2.45, 2.75) is 44.2 Å². The molecule has 0 atom stereocenters. The molecule has 8 aromatic rings. The van der Waals surface area contributed by atoms with Crippen molar-refractivity contribution < 1.29 is 0 Å². The van der Waals surface area contributed by atoms with E-state index in [0.717, 1.165) is 65.7 Å². The normalized spacial score (nSPS) is 11.7. The molecule has 0 fully saturated rings. The Balaban J connectivity index is 1.07. The molecule has 5 aromatic carbocycles. The fourth-order valence-electron chi connectivity index (χ4n) is 7.35. The highest BCUT2D eigenvalue weighted by Gasteiger charge is 2.38. The summed E-state index contributed by atoms with van der Waals surface area (Å²) in [7, 11) is 0. The molecular weight excluding hydrogens is 648 g/mol. The molecule has 0 saturated carbocycles. The van der Waals surface area contributed by atoms with Gasteiger partial charge in [0.25, 0.3) is 0 Å². The Labute approximate surface area is 303 Å². The van der Waals surface area contributed by atoms with Crippen LogP contribution < -0.4 is 0 Å². The molecule has 3 aromatic heterocycles. The summed E-state index contributed by atoms with van der Waals surface area (Å²) in [5, 5.41) is 11.4. The van der Waals surface area contributed by atoms with Crippen LogP contribution in [0.2, 0.25) is 5.02 Å². The molecule has 1 N–H and O–H groups in total. The standard InChI is InChI=1S/C44H39ClN6/c45-40-24-12-10-15-33(40)30-43-49-48-42(27-26-38-29-34-16-11-13-25-41(34)47-38)51(43)28-14-23-39-31-50(32-46-39)44(35-17-4-1-5-18-35,36-19-6-2-7-20-36)37-21-8-3-9-22-37/h1-13,15-22,24-25,29,31-32,47H,14,23,26-28,30H2. The van der Waals surface area contributed by atoms with Gasteiger partial charge in [-0.2, -0.15) is 0 Å². The summed E-state index contributed by atoms with van der Waals surface area (Å²) in [6.45, 7) is 0.781. The Kier molecular flexibility index (Phi) is 9.32. The number of hydrogen-bond acceptors (Lipinski definition) is 3. The van der Waals surface area contributed by atoms with E-state index >= 15 is 0 Å². The summed E-state index contributed by atoms with van der Waals surface area (Å²) in [4.78, 5) is 8.57. The summed E-state index contributed by atoms with van der Waals surface area (Å²) >= 11 is 6.60. The molecule has 0 saturated heterocycles. The smallest absolute Gasteiger partial charge is 0.137 e. The van der Waals surface area contributed by atoms with E-state index in [0.29, 0.717) is 6.42 Å². The van der Waals surface area contributed by atoms with Gasteiger partial charge in [0.1, 0.15) is 17.2 Å². The van der Waals surface area contributed by atoms with E-state index in [-0.39, 0.29) is 0 Å². The molecule has 0 radical (unpaired) electrons. The molecule has 0 aliphatic heterocycles. The zero-order valence-corrected chi connectivity index (χ0v) is 29.1. The number of imidazole rings is 1. The second kappa shape index (κ2) is 14.6. The number of aryl methyl sites for hydroxylation is 3. The van der Waals surface area contributed by atoms with Crippen LogP contribution in [-0.2, 0) is 37.8 Å². The van der Waals surface area contributed by atoms with Crippen molar-refractivity contribution in [1.82, 2.24) is 29.3 Å². The average Bonchev–Trinajstić information content (AvgIpc) is 3.92.